The summed E-state index contributed by atoms with van der Waals surface area (Å²) in [5.74, 6) is -0.132. The van der Waals surface area contributed by atoms with E-state index in [1.807, 2.05) is 0 Å². The van der Waals surface area contributed by atoms with Gasteiger partial charge in [-0.05, 0) is 34.5 Å². The molecule has 0 radical (unpaired) electrons. The highest BCUT2D eigenvalue weighted by Gasteiger charge is 2.38. The minimum absolute atomic E-state index is 0.0312. The number of aromatic nitrogens is 5. The number of H-pyrrole nitrogens is 1. The second kappa shape index (κ2) is 7.06. The Morgan fingerprint density at radius 2 is 1.88 bits per heavy atom. The van der Waals surface area contributed by atoms with Crippen LogP contribution in [0.1, 0.15) is 0 Å². The number of nitrogens with two attached hydrogens (primary N) is 2. The Balaban J connectivity index is 1.85. The lowest BCUT2D eigenvalue weighted by Crippen LogP contribution is -2.51. The third-order valence-electron chi connectivity index (χ3n) is 5.18. The maximum atomic E-state index is 13.2. The topological polar surface area (TPSA) is 213 Å². The highest BCUT2D eigenvalue weighted by Crippen LogP contribution is 2.40. The third kappa shape index (κ3) is 3.22. The SMILES string of the molecule is Nc1nc2cc(-c3ccc(S(=O)(=O)C4CNC4)c(S(N)(=O)=O)c3-c3nn[nH]n3)ccc2o1. The number of nitrogen functional groups attached to an aromatic ring is 1. The quantitative estimate of drug-likeness (QED) is 0.292. The first-order valence-electron chi connectivity index (χ1n) is 9.21. The molecule has 0 unspecified atom stereocenters. The van der Waals surface area contributed by atoms with Gasteiger partial charge < -0.3 is 15.5 Å². The fraction of sp³-hybridized carbons (Fsp3) is 0.176. The molecule has 6 N–H and O–H groups in total. The summed E-state index contributed by atoms with van der Waals surface area (Å²) in [7, 11) is -8.55. The molecule has 2 aromatic heterocycles. The van der Waals surface area contributed by atoms with Gasteiger partial charge in [-0.3, -0.25) is 0 Å². The van der Waals surface area contributed by atoms with Crippen LogP contribution in [0.15, 0.2) is 44.5 Å². The molecule has 0 spiro atoms. The lowest BCUT2D eigenvalue weighted by atomic mass is 9.98. The van der Waals surface area contributed by atoms with E-state index in [9.17, 15) is 16.8 Å². The Morgan fingerprint density at radius 1 is 1.09 bits per heavy atom. The third-order valence-corrected chi connectivity index (χ3v) is 8.47. The molecule has 4 aromatic rings. The standard InChI is InChI=1S/C17H16N8O5S2/c18-17-21-11-5-8(1-3-12(11)30-17)10-2-4-13(31(26,27)9-6-20-7-9)15(32(19,28)29)14(10)16-22-24-25-23-16/h1-5,9,20H,6-7H2,(H2,18,21)(H2,19,28,29)(H,22,23,24,25). The van der Waals surface area contributed by atoms with Gasteiger partial charge in [0.15, 0.2) is 15.4 Å². The van der Waals surface area contributed by atoms with E-state index in [0.717, 1.165) is 0 Å². The van der Waals surface area contributed by atoms with Crippen molar-refractivity contribution in [2.75, 3.05) is 18.8 Å². The fourth-order valence-corrected chi connectivity index (χ4v) is 6.76. The number of nitrogens with one attached hydrogen (secondary N) is 2. The van der Waals surface area contributed by atoms with Crippen LogP contribution in [-0.4, -0.2) is 60.8 Å². The van der Waals surface area contributed by atoms with Gasteiger partial charge in [0.1, 0.15) is 10.4 Å². The van der Waals surface area contributed by atoms with Crippen LogP contribution in [0.3, 0.4) is 0 Å². The summed E-state index contributed by atoms with van der Waals surface area (Å²) in [5.41, 5.74) is 7.16. The van der Waals surface area contributed by atoms with Gasteiger partial charge >= 0.3 is 0 Å². The Morgan fingerprint density at radius 3 is 2.50 bits per heavy atom. The zero-order valence-corrected chi connectivity index (χ0v) is 17.8. The van der Waals surface area contributed by atoms with Crippen molar-refractivity contribution in [3.05, 3.63) is 30.3 Å². The van der Waals surface area contributed by atoms with Crippen molar-refractivity contribution < 1.29 is 21.3 Å². The average Bonchev–Trinajstić information content (AvgIpc) is 3.32. The van der Waals surface area contributed by atoms with Crippen molar-refractivity contribution in [3.8, 4) is 22.5 Å². The molecular formula is C17H16N8O5S2. The van der Waals surface area contributed by atoms with E-state index in [1.54, 1.807) is 18.2 Å². The van der Waals surface area contributed by atoms with Gasteiger partial charge in [0.25, 0.3) is 6.01 Å². The summed E-state index contributed by atoms with van der Waals surface area (Å²) in [6, 6.07) is 7.54. The zero-order chi connectivity index (χ0) is 22.7. The number of rotatable bonds is 5. The predicted octanol–water partition coefficient (Wildman–Crippen LogP) is -0.350. The van der Waals surface area contributed by atoms with Crippen LogP contribution in [-0.2, 0) is 19.9 Å². The van der Waals surface area contributed by atoms with Crippen LogP contribution >= 0.6 is 0 Å². The first kappa shape index (κ1) is 20.5. The molecule has 0 atom stereocenters. The maximum absolute atomic E-state index is 13.2. The number of aromatic amines is 1. The van der Waals surface area contributed by atoms with Crippen molar-refractivity contribution in [1.82, 2.24) is 30.9 Å². The van der Waals surface area contributed by atoms with Crippen molar-refractivity contribution in [3.63, 3.8) is 0 Å². The number of sulfone groups is 1. The number of hydrogen-bond donors (Lipinski definition) is 4. The molecule has 1 fully saturated rings. The summed E-state index contributed by atoms with van der Waals surface area (Å²) in [5, 5.41) is 21.1. The fourth-order valence-electron chi connectivity index (χ4n) is 3.57. The van der Waals surface area contributed by atoms with Gasteiger partial charge in [-0.2, -0.15) is 10.2 Å². The highest BCUT2D eigenvalue weighted by molar-refractivity contribution is 7.94. The Bertz CT molecular complexity index is 1560. The number of fused-ring (bicyclic) bond motifs is 1. The van der Waals surface area contributed by atoms with E-state index < -0.39 is 34.9 Å². The van der Waals surface area contributed by atoms with Crippen LogP contribution in [0, 0.1) is 0 Å². The van der Waals surface area contributed by atoms with Crippen molar-refractivity contribution >= 4 is 37.0 Å². The number of tetrazole rings is 1. The van der Waals surface area contributed by atoms with Crippen molar-refractivity contribution in [1.29, 1.82) is 0 Å². The Labute approximate surface area is 181 Å². The van der Waals surface area contributed by atoms with Crippen molar-refractivity contribution in [2.24, 2.45) is 5.14 Å². The summed E-state index contributed by atoms with van der Waals surface area (Å²) in [4.78, 5) is 3.07. The minimum Gasteiger partial charge on any atom is -0.424 e. The molecule has 166 valence electrons. The molecule has 32 heavy (non-hydrogen) atoms. The van der Waals surface area contributed by atoms with Gasteiger partial charge in [0.05, 0.1) is 15.7 Å². The molecule has 1 aliphatic heterocycles. The van der Waals surface area contributed by atoms with Gasteiger partial charge in [-0.25, -0.2) is 22.0 Å². The lowest BCUT2D eigenvalue weighted by Gasteiger charge is -2.28. The molecule has 0 saturated carbocycles. The molecular weight excluding hydrogens is 460 g/mol. The van der Waals surface area contributed by atoms with E-state index in [-0.39, 0.29) is 30.5 Å². The highest BCUT2D eigenvalue weighted by atomic mass is 32.2. The second-order valence-electron chi connectivity index (χ2n) is 7.16. The van der Waals surface area contributed by atoms with Gasteiger partial charge in [-0.1, -0.05) is 12.1 Å². The first-order valence-corrected chi connectivity index (χ1v) is 12.3. The number of nitrogens with zero attached hydrogens (tertiary/aromatic N) is 4. The number of anilines is 1. The van der Waals surface area contributed by atoms with Gasteiger partial charge in [-0.15, -0.1) is 10.2 Å². The van der Waals surface area contributed by atoms with Crippen LogP contribution in [0.4, 0.5) is 6.01 Å². The largest absolute Gasteiger partial charge is 0.424 e. The summed E-state index contributed by atoms with van der Waals surface area (Å²) in [6.45, 7) is 0.409. The van der Waals surface area contributed by atoms with Crippen LogP contribution in [0.5, 0.6) is 0 Å². The Hall–Kier alpha value is -3.40. The van der Waals surface area contributed by atoms with Gasteiger partial charge in [0, 0.05) is 13.1 Å². The van der Waals surface area contributed by atoms with Crippen LogP contribution < -0.4 is 16.2 Å². The smallest absolute Gasteiger partial charge is 0.292 e. The second-order valence-corrected chi connectivity index (χ2v) is 10.9. The predicted molar refractivity (Wildman–Crippen MR) is 112 cm³/mol. The van der Waals surface area contributed by atoms with Crippen LogP contribution in [0.2, 0.25) is 0 Å². The normalized spacial score (nSPS) is 15.2. The number of benzene rings is 2. The van der Waals surface area contributed by atoms with Crippen LogP contribution in [0.25, 0.3) is 33.6 Å². The molecule has 3 heterocycles. The number of primary sulfonamides is 1. The summed E-state index contributed by atoms with van der Waals surface area (Å²) < 4.78 is 57.0. The lowest BCUT2D eigenvalue weighted by molar-refractivity contribution is 0.493. The Kier molecular flexibility index (Phi) is 4.52. The molecule has 0 bridgehead atoms. The summed E-state index contributed by atoms with van der Waals surface area (Å²) >= 11 is 0. The monoisotopic (exact) mass is 476 g/mol. The molecule has 15 heteroatoms. The number of oxazole rings is 1. The van der Waals surface area contributed by atoms with Gasteiger partial charge in [0.2, 0.25) is 15.8 Å². The zero-order valence-electron chi connectivity index (χ0n) is 16.2. The molecule has 5 rings (SSSR count). The van der Waals surface area contributed by atoms with Crippen molar-refractivity contribution in [2.45, 2.75) is 15.0 Å². The number of sulfonamides is 1. The number of hydrogen-bond acceptors (Lipinski definition) is 11. The average molecular weight is 477 g/mol. The van der Waals surface area contributed by atoms with E-state index in [4.69, 9.17) is 15.3 Å². The van der Waals surface area contributed by atoms with E-state index >= 15 is 0 Å². The molecule has 0 amide bonds. The van der Waals surface area contributed by atoms with E-state index in [1.165, 1.54) is 12.1 Å². The minimum atomic E-state index is -4.54. The molecule has 2 aromatic carbocycles. The summed E-state index contributed by atoms with van der Waals surface area (Å²) in [6.07, 6.45) is 0. The van der Waals surface area contributed by atoms with E-state index in [0.29, 0.717) is 22.2 Å². The molecule has 13 nitrogen and oxygen atoms in total. The molecule has 1 saturated heterocycles. The molecule has 0 aliphatic carbocycles. The molecule has 1 aliphatic rings. The maximum Gasteiger partial charge on any atom is 0.292 e. The first-order chi connectivity index (χ1) is 15.2. The van der Waals surface area contributed by atoms with E-state index in [2.05, 4.69) is 30.9 Å².